The van der Waals surface area contributed by atoms with Crippen LogP contribution >= 0.6 is 15.9 Å². The highest BCUT2D eigenvalue weighted by molar-refractivity contribution is 9.10. The highest BCUT2D eigenvalue weighted by atomic mass is 79.9. The summed E-state index contributed by atoms with van der Waals surface area (Å²) in [5.41, 5.74) is 1.24. The summed E-state index contributed by atoms with van der Waals surface area (Å²) in [5.74, 6) is 0. The molecule has 0 aliphatic rings. The first kappa shape index (κ1) is 14.9. The van der Waals surface area contributed by atoms with E-state index in [1.807, 2.05) is 6.07 Å². The van der Waals surface area contributed by atoms with Gasteiger partial charge in [-0.2, -0.15) is 0 Å². The summed E-state index contributed by atoms with van der Waals surface area (Å²) in [6.07, 6.45) is 0.161. The summed E-state index contributed by atoms with van der Waals surface area (Å²) in [4.78, 5) is 0. The van der Waals surface area contributed by atoms with E-state index in [9.17, 15) is 0 Å². The van der Waals surface area contributed by atoms with E-state index >= 15 is 0 Å². The largest absolute Gasteiger partial charge is 0.410 e. The van der Waals surface area contributed by atoms with Crippen molar-refractivity contribution in [1.29, 1.82) is 0 Å². The van der Waals surface area contributed by atoms with Gasteiger partial charge in [0.1, 0.15) is 0 Å². The first-order chi connectivity index (χ1) is 7.63. The van der Waals surface area contributed by atoms with Gasteiger partial charge in [0, 0.05) is 4.47 Å². The van der Waals surface area contributed by atoms with E-state index in [-0.39, 0.29) is 11.1 Å². The molecule has 0 saturated carbocycles. The first-order valence-corrected chi connectivity index (χ1v) is 9.77. The van der Waals surface area contributed by atoms with E-state index in [2.05, 4.69) is 74.9 Å². The minimum absolute atomic E-state index is 0.161. The number of rotatable bonds is 3. The fraction of sp³-hybridized carbons (Fsp3) is 0.571. The Morgan fingerprint density at radius 1 is 1.24 bits per heavy atom. The van der Waals surface area contributed by atoms with Gasteiger partial charge in [0.25, 0.3) is 0 Å². The summed E-state index contributed by atoms with van der Waals surface area (Å²) in [6, 6.07) is 8.37. The molecule has 1 atom stereocenters. The molecule has 0 N–H and O–H groups in total. The molecular weight excluding hydrogens is 292 g/mol. The van der Waals surface area contributed by atoms with Crippen LogP contribution in [0.2, 0.25) is 18.1 Å². The fourth-order valence-corrected chi connectivity index (χ4v) is 3.24. The molecule has 0 radical (unpaired) electrons. The van der Waals surface area contributed by atoms with Crippen LogP contribution in [-0.2, 0) is 4.43 Å². The molecule has 1 rings (SSSR count). The van der Waals surface area contributed by atoms with Gasteiger partial charge in [0.2, 0.25) is 0 Å². The van der Waals surface area contributed by atoms with Gasteiger partial charge < -0.3 is 4.43 Å². The molecule has 0 unspecified atom stereocenters. The Kier molecular flexibility index (Phi) is 4.61. The average molecular weight is 315 g/mol. The Hall–Kier alpha value is -0.123. The maximum Gasteiger partial charge on any atom is 0.192 e. The number of hydrogen-bond donors (Lipinski definition) is 0. The Morgan fingerprint density at radius 3 is 2.29 bits per heavy atom. The molecule has 0 bridgehead atoms. The lowest BCUT2D eigenvalue weighted by atomic mass is 10.1. The monoisotopic (exact) mass is 314 g/mol. The van der Waals surface area contributed by atoms with E-state index in [0.717, 1.165) is 4.47 Å². The van der Waals surface area contributed by atoms with E-state index in [1.54, 1.807) is 0 Å². The highest BCUT2D eigenvalue weighted by Gasteiger charge is 2.38. The summed E-state index contributed by atoms with van der Waals surface area (Å²) in [6.45, 7) is 13.5. The van der Waals surface area contributed by atoms with Crippen LogP contribution in [0, 0.1) is 0 Å². The van der Waals surface area contributed by atoms with E-state index in [4.69, 9.17) is 4.43 Å². The van der Waals surface area contributed by atoms with Gasteiger partial charge in [-0.15, -0.1) is 0 Å². The van der Waals surface area contributed by atoms with E-state index < -0.39 is 8.32 Å². The Labute approximate surface area is 115 Å². The number of benzene rings is 1. The molecule has 17 heavy (non-hydrogen) atoms. The van der Waals surface area contributed by atoms with Crippen molar-refractivity contribution < 1.29 is 4.43 Å². The standard InChI is InChI=1S/C14H23BrOSi/c1-11(12-8-7-9-13(15)10-12)16-17(5,6)14(2,3)4/h7-11H,1-6H3/t11-/m1/s1. The lowest BCUT2D eigenvalue weighted by Gasteiger charge is -2.38. The molecule has 0 aliphatic carbocycles. The van der Waals surface area contributed by atoms with Crippen LogP contribution in [0.1, 0.15) is 39.4 Å². The molecule has 1 nitrogen and oxygen atoms in total. The Bertz CT molecular complexity index is 382. The van der Waals surface area contributed by atoms with Gasteiger partial charge in [-0.05, 0) is 42.8 Å². The lowest BCUT2D eigenvalue weighted by Crippen LogP contribution is -2.41. The molecule has 0 heterocycles. The van der Waals surface area contributed by atoms with Crippen molar-refractivity contribution in [3.05, 3.63) is 34.3 Å². The maximum absolute atomic E-state index is 6.36. The maximum atomic E-state index is 6.36. The lowest BCUT2D eigenvalue weighted by molar-refractivity contribution is 0.203. The molecule has 0 aliphatic heterocycles. The van der Waals surface area contributed by atoms with Gasteiger partial charge in [-0.25, -0.2) is 0 Å². The Balaban J connectivity index is 2.83. The van der Waals surface area contributed by atoms with Crippen molar-refractivity contribution in [3.63, 3.8) is 0 Å². The van der Waals surface area contributed by atoms with Crippen LogP contribution in [0.25, 0.3) is 0 Å². The van der Waals surface area contributed by atoms with Crippen LogP contribution in [0.15, 0.2) is 28.7 Å². The smallest absolute Gasteiger partial charge is 0.192 e. The highest BCUT2D eigenvalue weighted by Crippen LogP contribution is 2.39. The van der Waals surface area contributed by atoms with Crippen molar-refractivity contribution in [1.82, 2.24) is 0 Å². The van der Waals surface area contributed by atoms with Crippen molar-refractivity contribution in [2.24, 2.45) is 0 Å². The van der Waals surface area contributed by atoms with Crippen LogP contribution < -0.4 is 0 Å². The summed E-state index contributed by atoms with van der Waals surface area (Å²) < 4.78 is 7.47. The van der Waals surface area contributed by atoms with Crippen molar-refractivity contribution in [3.8, 4) is 0 Å². The molecule has 1 aromatic rings. The molecule has 3 heteroatoms. The predicted octanol–water partition coefficient (Wildman–Crippen LogP) is 5.53. The molecule has 96 valence electrons. The van der Waals surface area contributed by atoms with Crippen LogP contribution in [0.4, 0.5) is 0 Å². The molecule has 1 aromatic carbocycles. The second-order valence-corrected chi connectivity index (χ2v) is 11.7. The third kappa shape index (κ3) is 3.93. The second-order valence-electron chi connectivity index (χ2n) is 6.08. The fourth-order valence-electron chi connectivity index (χ4n) is 1.45. The summed E-state index contributed by atoms with van der Waals surface area (Å²) in [7, 11) is -1.68. The Morgan fingerprint density at radius 2 is 1.82 bits per heavy atom. The zero-order valence-electron chi connectivity index (χ0n) is 11.7. The summed E-state index contributed by atoms with van der Waals surface area (Å²) in [5, 5.41) is 0.257. The zero-order chi connectivity index (χ0) is 13.3. The first-order valence-electron chi connectivity index (χ1n) is 6.07. The van der Waals surface area contributed by atoms with E-state index in [0.29, 0.717) is 0 Å². The minimum Gasteiger partial charge on any atom is -0.410 e. The SMILES string of the molecule is C[C@@H](O[Si](C)(C)C(C)(C)C)c1cccc(Br)c1. The van der Waals surface area contributed by atoms with E-state index in [1.165, 1.54) is 5.56 Å². The van der Waals surface area contributed by atoms with Crippen LogP contribution in [-0.4, -0.2) is 8.32 Å². The number of hydrogen-bond acceptors (Lipinski definition) is 1. The van der Waals surface area contributed by atoms with Gasteiger partial charge >= 0.3 is 0 Å². The third-order valence-electron chi connectivity index (χ3n) is 3.60. The molecule has 0 saturated heterocycles. The molecule has 0 aromatic heterocycles. The van der Waals surface area contributed by atoms with Gasteiger partial charge in [-0.3, -0.25) is 0 Å². The normalized spacial score (nSPS) is 14.8. The predicted molar refractivity (Wildman–Crippen MR) is 80.8 cm³/mol. The van der Waals surface area contributed by atoms with Crippen molar-refractivity contribution in [2.45, 2.75) is 51.9 Å². The van der Waals surface area contributed by atoms with Crippen LogP contribution in [0.5, 0.6) is 0 Å². The van der Waals surface area contributed by atoms with Crippen molar-refractivity contribution in [2.75, 3.05) is 0 Å². The van der Waals surface area contributed by atoms with Crippen molar-refractivity contribution >= 4 is 24.2 Å². The molecular formula is C14H23BrOSi. The average Bonchev–Trinajstić information content (AvgIpc) is 2.15. The number of halogens is 1. The quantitative estimate of drug-likeness (QED) is 0.666. The van der Waals surface area contributed by atoms with Gasteiger partial charge in [0.05, 0.1) is 6.10 Å². The minimum atomic E-state index is -1.68. The molecule has 0 amide bonds. The molecule has 0 fully saturated rings. The molecule has 0 spiro atoms. The summed E-state index contributed by atoms with van der Waals surface area (Å²) >= 11 is 3.51. The van der Waals surface area contributed by atoms with Gasteiger partial charge in [-0.1, -0.05) is 48.8 Å². The van der Waals surface area contributed by atoms with Gasteiger partial charge in [0.15, 0.2) is 8.32 Å². The second kappa shape index (κ2) is 5.25. The third-order valence-corrected chi connectivity index (χ3v) is 8.64. The zero-order valence-corrected chi connectivity index (χ0v) is 14.3. The topological polar surface area (TPSA) is 9.23 Å². The van der Waals surface area contributed by atoms with Crippen LogP contribution in [0.3, 0.4) is 0 Å².